The van der Waals surface area contributed by atoms with Crippen LogP contribution in [0.5, 0.6) is 0 Å². The number of unbranched alkanes of at least 4 members (excludes halogenated alkanes) is 1. The number of nitrogens with one attached hydrogen (secondary N) is 1. The van der Waals surface area contributed by atoms with Crippen LogP contribution in [-0.4, -0.2) is 85.5 Å². The van der Waals surface area contributed by atoms with Gasteiger partial charge in [0.05, 0.1) is 19.8 Å². The molecule has 13 nitrogen and oxygen atoms in total. The number of ether oxygens (including phenoxy) is 4. The van der Waals surface area contributed by atoms with Gasteiger partial charge in [-0.15, -0.1) is 0 Å². The van der Waals surface area contributed by atoms with Gasteiger partial charge in [-0.2, -0.15) is 4.98 Å². The summed E-state index contributed by atoms with van der Waals surface area (Å²) in [6.07, 6.45) is 3.50. The zero-order valence-electron chi connectivity index (χ0n) is 30.2. The molecule has 1 aliphatic heterocycles. The summed E-state index contributed by atoms with van der Waals surface area (Å²) in [6, 6.07) is 23.7. The maximum atomic E-state index is 13.3. The lowest BCUT2D eigenvalue weighted by Gasteiger charge is -2.22. The summed E-state index contributed by atoms with van der Waals surface area (Å²) in [6.45, 7) is 0.314. The van der Waals surface area contributed by atoms with Gasteiger partial charge in [0.1, 0.15) is 31.4 Å². The van der Waals surface area contributed by atoms with Gasteiger partial charge in [0.25, 0.3) is 5.91 Å². The Bertz CT molecular complexity index is 1960. The van der Waals surface area contributed by atoms with Gasteiger partial charge in [-0.05, 0) is 84.7 Å². The monoisotopic (exact) mass is 801 g/mol. The predicted octanol–water partition coefficient (Wildman–Crippen LogP) is 5.72. The third-order valence-electron chi connectivity index (χ3n) is 9.61. The summed E-state index contributed by atoms with van der Waals surface area (Å²) < 4.78 is 24.8. The first-order chi connectivity index (χ1) is 26.3. The minimum Gasteiger partial charge on any atom is -0.467 e. The van der Waals surface area contributed by atoms with Gasteiger partial charge in [0, 0.05) is 35.8 Å². The maximum absolute atomic E-state index is 13.3. The molecule has 54 heavy (non-hydrogen) atoms. The normalized spacial score (nSPS) is 17.1. The van der Waals surface area contributed by atoms with E-state index < -0.39 is 30.7 Å². The van der Waals surface area contributed by atoms with Crippen molar-refractivity contribution in [2.75, 3.05) is 45.6 Å². The van der Waals surface area contributed by atoms with Crippen molar-refractivity contribution in [1.82, 2.24) is 14.9 Å². The number of carbonyl (C=O) groups excluding carboxylic acids is 3. The molecule has 1 aliphatic carbocycles. The van der Waals surface area contributed by atoms with E-state index in [1.54, 1.807) is 43.6 Å². The van der Waals surface area contributed by atoms with E-state index in [4.69, 9.17) is 28.9 Å². The molecule has 1 fully saturated rings. The van der Waals surface area contributed by atoms with Crippen molar-refractivity contribution in [3.8, 4) is 11.1 Å². The number of rotatable bonds is 15. The van der Waals surface area contributed by atoms with Crippen molar-refractivity contribution < 1.29 is 38.4 Å². The minimum absolute atomic E-state index is 0.0767. The third-order valence-corrected chi connectivity index (χ3v) is 10.1. The minimum atomic E-state index is -0.913. The lowest BCUT2D eigenvalue weighted by atomic mass is 9.98. The second kappa shape index (κ2) is 18.4. The molecule has 3 aromatic carbocycles. The number of hydrogen-bond donors (Lipinski definition) is 2. The quantitative estimate of drug-likeness (QED) is 0.0874. The summed E-state index contributed by atoms with van der Waals surface area (Å²) in [7, 11) is 2.91. The fourth-order valence-corrected chi connectivity index (χ4v) is 7.17. The highest BCUT2D eigenvalue weighted by molar-refractivity contribution is 9.10. The summed E-state index contributed by atoms with van der Waals surface area (Å²) in [4.78, 5) is 49.6. The van der Waals surface area contributed by atoms with Gasteiger partial charge in [-0.3, -0.25) is 19.3 Å². The van der Waals surface area contributed by atoms with E-state index in [-0.39, 0.29) is 30.7 Å². The lowest BCUT2D eigenvalue weighted by molar-refractivity contribution is -0.143. The Hall–Kier alpha value is -4.89. The Morgan fingerprint density at radius 2 is 1.69 bits per heavy atom. The Morgan fingerprint density at radius 1 is 0.981 bits per heavy atom. The molecule has 3 atom stereocenters. The molecular weight excluding hydrogens is 758 g/mol. The van der Waals surface area contributed by atoms with Gasteiger partial charge >= 0.3 is 12.1 Å². The van der Waals surface area contributed by atoms with E-state index in [0.717, 1.165) is 33.1 Å². The molecule has 0 unspecified atom stereocenters. The number of hydrogen-bond acceptors (Lipinski definition) is 10. The van der Waals surface area contributed by atoms with Gasteiger partial charge in [0.15, 0.2) is 0 Å². The highest BCUT2D eigenvalue weighted by Gasteiger charge is 2.31. The SMILES string of the molecule is COC[C@@H]1CC[C@H](n2ccc(N(CO)C(=O)c3ccc(Br)cc3)n/c2=N\CCCC[C@H](NC(=O)OCC2c3ccccc3-c3ccccc32)C(=O)OC)O1. The number of nitrogens with zero attached hydrogens (tertiary/aromatic N) is 4. The zero-order valence-corrected chi connectivity index (χ0v) is 31.8. The maximum Gasteiger partial charge on any atom is 0.407 e. The molecule has 1 aromatic heterocycles. The van der Waals surface area contributed by atoms with Crippen LogP contribution in [0.2, 0.25) is 0 Å². The van der Waals surface area contributed by atoms with E-state index in [1.807, 2.05) is 41.0 Å². The Labute approximate surface area is 322 Å². The number of halogens is 1. The molecule has 284 valence electrons. The van der Waals surface area contributed by atoms with Crippen LogP contribution in [0.4, 0.5) is 10.6 Å². The average molecular weight is 803 g/mol. The number of esters is 1. The van der Waals surface area contributed by atoms with E-state index in [1.165, 1.54) is 12.0 Å². The van der Waals surface area contributed by atoms with Crippen LogP contribution >= 0.6 is 15.9 Å². The molecule has 2 amide bonds. The molecule has 2 aliphatic rings. The molecule has 0 spiro atoms. The standard InChI is InChI=1S/C40H44BrN5O8/c1-51-23-28-18-19-36(54-28)45-22-20-35(46(25-47)37(48)26-14-16-27(41)17-15-26)44-39(45)42-21-8-7-13-34(38(49)52-2)43-40(50)53-24-33-31-11-5-3-9-29(31)30-10-4-6-12-32(30)33/h3-6,9-12,14-17,20,22,28,33-34,36,47H,7-8,13,18-19,21,23-25H2,1-2H3,(H,43,50)/b42-39+/t28-,34-,36+/m0/s1. The average Bonchev–Trinajstić information content (AvgIpc) is 3.79. The summed E-state index contributed by atoms with van der Waals surface area (Å²) in [5, 5.41) is 12.9. The Kier molecular flexibility index (Phi) is 13.3. The van der Waals surface area contributed by atoms with Crippen molar-refractivity contribution >= 4 is 39.7 Å². The highest BCUT2D eigenvalue weighted by atomic mass is 79.9. The number of benzene rings is 3. The molecular formula is C40H44BrN5O8. The number of aromatic nitrogens is 2. The van der Waals surface area contributed by atoms with Gasteiger partial charge in [-0.25, -0.2) is 9.59 Å². The van der Waals surface area contributed by atoms with E-state index >= 15 is 0 Å². The van der Waals surface area contributed by atoms with E-state index in [2.05, 4.69) is 33.4 Å². The van der Waals surface area contributed by atoms with Crippen LogP contribution in [0.25, 0.3) is 11.1 Å². The fraction of sp³-hybridized carbons (Fsp3) is 0.375. The summed E-state index contributed by atoms with van der Waals surface area (Å²) >= 11 is 3.38. The van der Waals surface area contributed by atoms with E-state index in [0.29, 0.717) is 50.0 Å². The van der Waals surface area contributed by atoms with Crippen molar-refractivity contribution in [2.45, 2.75) is 56.4 Å². The van der Waals surface area contributed by atoms with Crippen molar-refractivity contribution in [1.29, 1.82) is 0 Å². The molecule has 0 radical (unpaired) electrons. The second-order valence-electron chi connectivity index (χ2n) is 13.0. The van der Waals surface area contributed by atoms with Crippen LogP contribution < -0.4 is 15.8 Å². The molecule has 2 heterocycles. The van der Waals surface area contributed by atoms with Crippen molar-refractivity contribution in [2.24, 2.45) is 4.99 Å². The summed E-state index contributed by atoms with van der Waals surface area (Å²) in [5.74, 6) is -0.877. The topological polar surface area (TPSA) is 154 Å². The number of anilines is 1. The molecule has 6 rings (SSSR count). The first-order valence-electron chi connectivity index (χ1n) is 17.9. The Balaban J connectivity index is 1.10. The second-order valence-corrected chi connectivity index (χ2v) is 14.0. The molecule has 14 heteroatoms. The molecule has 0 bridgehead atoms. The van der Waals surface area contributed by atoms with Gasteiger partial charge in [-0.1, -0.05) is 64.5 Å². The van der Waals surface area contributed by atoms with Crippen molar-refractivity contribution in [3.63, 3.8) is 0 Å². The highest BCUT2D eigenvalue weighted by Crippen LogP contribution is 2.44. The fourth-order valence-electron chi connectivity index (χ4n) is 6.90. The third kappa shape index (κ3) is 9.07. The lowest BCUT2D eigenvalue weighted by Crippen LogP contribution is -2.42. The number of carbonyl (C=O) groups is 3. The van der Waals surface area contributed by atoms with E-state index in [9.17, 15) is 19.5 Å². The molecule has 0 saturated carbocycles. The molecule has 2 N–H and O–H groups in total. The van der Waals surface area contributed by atoms with Gasteiger partial charge in [0.2, 0.25) is 5.62 Å². The van der Waals surface area contributed by atoms with Crippen LogP contribution in [-0.2, 0) is 23.7 Å². The Morgan fingerprint density at radius 3 is 2.35 bits per heavy atom. The smallest absolute Gasteiger partial charge is 0.407 e. The van der Waals surface area contributed by atoms with Crippen LogP contribution in [0, 0.1) is 0 Å². The van der Waals surface area contributed by atoms with Crippen LogP contribution in [0.15, 0.2) is 94.5 Å². The number of amides is 2. The van der Waals surface area contributed by atoms with Crippen LogP contribution in [0.1, 0.15) is 65.7 Å². The predicted molar refractivity (Wildman–Crippen MR) is 204 cm³/mol. The van der Waals surface area contributed by atoms with Gasteiger partial charge < -0.3 is 29.4 Å². The first kappa shape index (κ1) is 38.8. The zero-order chi connectivity index (χ0) is 38.0. The number of aliphatic hydroxyl groups is 1. The number of fused-ring (bicyclic) bond motifs is 3. The molecule has 1 saturated heterocycles. The number of methoxy groups -OCH3 is 2. The van der Waals surface area contributed by atoms with Crippen molar-refractivity contribution in [3.05, 3.63) is 112 Å². The number of alkyl carbamates (subject to hydrolysis) is 1. The van der Waals surface area contributed by atoms with Crippen LogP contribution in [0.3, 0.4) is 0 Å². The summed E-state index contributed by atoms with van der Waals surface area (Å²) in [5.41, 5.74) is 5.14. The first-order valence-corrected chi connectivity index (χ1v) is 18.7. The molecule has 4 aromatic rings. The number of aliphatic hydroxyl groups excluding tert-OH is 1. The largest absolute Gasteiger partial charge is 0.467 e.